The van der Waals surface area contributed by atoms with E-state index in [4.69, 9.17) is 19.8 Å². The number of phenols is 2. The molecule has 0 bridgehead atoms. The topological polar surface area (TPSA) is 74.6 Å². The first-order valence-corrected chi connectivity index (χ1v) is 3.07. The highest BCUT2D eigenvalue weighted by Gasteiger charge is 1.84. The predicted molar refractivity (Wildman–Crippen MR) is 41.9 cm³/mol. The molecule has 0 aliphatic rings. The molecule has 1 aromatic carbocycles. The minimum Gasteiger partial charge on any atom is -0.508 e. The zero-order valence-corrected chi connectivity index (χ0v) is 6.18. The number of phenolic OH excluding ortho intramolecular Hbond substituents is 2. The summed E-state index contributed by atoms with van der Waals surface area (Å²) in [6, 6.07) is 5.70. The minimum atomic E-state index is 0.169. The van der Waals surface area contributed by atoms with Crippen LogP contribution in [0.25, 0.3) is 0 Å². The highest BCUT2D eigenvalue weighted by atomic mass is 16.3. The third-order valence-electron chi connectivity index (χ3n) is 0.905. The van der Waals surface area contributed by atoms with Gasteiger partial charge in [0.15, 0.2) is 12.6 Å². The average molecular weight is 168 g/mol. The lowest BCUT2D eigenvalue weighted by molar-refractivity contribution is -0.122. The van der Waals surface area contributed by atoms with Crippen LogP contribution < -0.4 is 0 Å². The minimum absolute atomic E-state index is 0.169. The maximum absolute atomic E-state index is 8.81. The van der Waals surface area contributed by atoms with Gasteiger partial charge in [0.2, 0.25) is 0 Å². The van der Waals surface area contributed by atoms with E-state index in [1.165, 1.54) is 24.3 Å². The molecule has 0 fully saturated rings. The van der Waals surface area contributed by atoms with Crippen LogP contribution in [0.15, 0.2) is 24.3 Å². The monoisotopic (exact) mass is 168 g/mol. The number of aldehydes is 2. The summed E-state index contributed by atoms with van der Waals surface area (Å²) in [4.78, 5) is 17.6. The number of hydrogen-bond donors (Lipinski definition) is 2. The maximum atomic E-state index is 8.81. The number of benzene rings is 1. The van der Waals surface area contributed by atoms with Crippen molar-refractivity contribution in [1.29, 1.82) is 0 Å². The van der Waals surface area contributed by atoms with E-state index in [0.717, 1.165) is 0 Å². The molecule has 0 saturated heterocycles. The Morgan fingerprint density at radius 1 is 0.833 bits per heavy atom. The SMILES string of the molecule is O=CC=O.Oc1ccc(O)cc1. The molecule has 0 heterocycles. The molecule has 0 atom stereocenters. The van der Waals surface area contributed by atoms with E-state index in [9.17, 15) is 0 Å². The van der Waals surface area contributed by atoms with Crippen LogP contribution in [0.1, 0.15) is 0 Å². The molecule has 0 aromatic heterocycles. The lowest BCUT2D eigenvalue weighted by atomic mass is 10.3. The van der Waals surface area contributed by atoms with E-state index in [2.05, 4.69) is 0 Å². The fourth-order valence-corrected chi connectivity index (χ4v) is 0.453. The Morgan fingerprint density at radius 3 is 1.25 bits per heavy atom. The predicted octanol–water partition coefficient (Wildman–Crippen LogP) is 0.482. The van der Waals surface area contributed by atoms with Crippen LogP contribution >= 0.6 is 0 Å². The normalized spacial score (nSPS) is 7.67. The Hall–Kier alpha value is -1.84. The molecule has 1 rings (SSSR count). The second-order valence-electron chi connectivity index (χ2n) is 1.79. The second-order valence-corrected chi connectivity index (χ2v) is 1.79. The standard InChI is InChI=1S/C6H6O2.C2H2O2/c7-5-1-2-6(8)4-3-5;3-1-2-4/h1-4,7-8H;1-2H. The Morgan fingerprint density at radius 2 is 1.08 bits per heavy atom. The number of rotatable bonds is 1. The molecule has 0 radical (unpaired) electrons. The summed E-state index contributed by atoms with van der Waals surface area (Å²) in [7, 11) is 0. The molecule has 64 valence electrons. The van der Waals surface area contributed by atoms with E-state index in [1.54, 1.807) is 0 Å². The average Bonchev–Trinajstić information content (AvgIpc) is 2.11. The van der Waals surface area contributed by atoms with Crippen LogP contribution in [0, 0.1) is 0 Å². The third kappa shape index (κ3) is 4.99. The molecular formula is C8H8O4. The van der Waals surface area contributed by atoms with Crippen molar-refractivity contribution in [2.75, 3.05) is 0 Å². The zero-order chi connectivity index (χ0) is 9.40. The zero-order valence-electron chi connectivity index (χ0n) is 6.18. The Bertz CT molecular complexity index is 213. The summed E-state index contributed by atoms with van der Waals surface area (Å²) >= 11 is 0. The molecule has 0 amide bonds. The molecular weight excluding hydrogens is 160 g/mol. The van der Waals surface area contributed by atoms with Gasteiger partial charge in [-0.25, -0.2) is 0 Å². The molecule has 2 N–H and O–H groups in total. The van der Waals surface area contributed by atoms with Crippen LogP contribution in [-0.4, -0.2) is 22.8 Å². The second kappa shape index (κ2) is 5.91. The highest BCUT2D eigenvalue weighted by Crippen LogP contribution is 2.13. The van der Waals surface area contributed by atoms with Gasteiger partial charge >= 0.3 is 0 Å². The van der Waals surface area contributed by atoms with Gasteiger partial charge in [-0.05, 0) is 24.3 Å². The highest BCUT2D eigenvalue weighted by molar-refractivity contribution is 6.09. The van der Waals surface area contributed by atoms with Gasteiger partial charge in [-0.1, -0.05) is 0 Å². The van der Waals surface area contributed by atoms with Crippen molar-refractivity contribution >= 4 is 12.6 Å². The van der Waals surface area contributed by atoms with Gasteiger partial charge in [0, 0.05) is 0 Å². The molecule has 0 aliphatic carbocycles. The maximum Gasteiger partial charge on any atom is 0.182 e. The lowest BCUT2D eigenvalue weighted by Crippen LogP contribution is -1.62. The summed E-state index contributed by atoms with van der Waals surface area (Å²) in [6.45, 7) is 0. The first-order valence-electron chi connectivity index (χ1n) is 3.07. The van der Waals surface area contributed by atoms with Crippen LogP contribution in [-0.2, 0) is 9.59 Å². The van der Waals surface area contributed by atoms with Gasteiger partial charge in [0.1, 0.15) is 11.5 Å². The van der Waals surface area contributed by atoms with Gasteiger partial charge in [0.25, 0.3) is 0 Å². The van der Waals surface area contributed by atoms with Crippen molar-refractivity contribution in [3.63, 3.8) is 0 Å². The van der Waals surface area contributed by atoms with Gasteiger partial charge in [0.05, 0.1) is 0 Å². The fraction of sp³-hybridized carbons (Fsp3) is 0. The van der Waals surface area contributed by atoms with Gasteiger partial charge in [-0.3, -0.25) is 9.59 Å². The van der Waals surface area contributed by atoms with E-state index < -0.39 is 0 Å². The van der Waals surface area contributed by atoms with Crippen molar-refractivity contribution in [2.45, 2.75) is 0 Å². The molecule has 12 heavy (non-hydrogen) atoms. The third-order valence-corrected chi connectivity index (χ3v) is 0.905. The van der Waals surface area contributed by atoms with Crippen molar-refractivity contribution < 1.29 is 19.8 Å². The Balaban J connectivity index is 0.000000261. The Kier molecular flexibility index (Phi) is 5.00. The van der Waals surface area contributed by atoms with E-state index in [1.807, 2.05) is 0 Å². The lowest BCUT2D eigenvalue weighted by Gasteiger charge is -1.88. The summed E-state index contributed by atoms with van der Waals surface area (Å²) in [5, 5.41) is 17.3. The van der Waals surface area contributed by atoms with Crippen molar-refractivity contribution in [3.05, 3.63) is 24.3 Å². The molecule has 0 spiro atoms. The molecule has 0 saturated carbocycles. The van der Waals surface area contributed by atoms with E-state index in [0.29, 0.717) is 0 Å². The smallest absolute Gasteiger partial charge is 0.182 e. The quantitative estimate of drug-likeness (QED) is 0.363. The number of carbonyl (C=O) groups excluding carboxylic acids is 2. The van der Waals surface area contributed by atoms with Gasteiger partial charge < -0.3 is 10.2 Å². The van der Waals surface area contributed by atoms with Gasteiger partial charge in [-0.2, -0.15) is 0 Å². The van der Waals surface area contributed by atoms with Crippen LogP contribution in [0.2, 0.25) is 0 Å². The molecule has 4 heteroatoms. The Labute approximate surface area is 69.1 Å². The van der Waals surface area contributed by atoms with Crippen LogP contribution in [0.5, 0.6) is 11.5 Å². The number of carbonyl (C=O) groups is 2. The van der Waals surface area contributed by atoms with E-state index in [-0.39, 0.29) is 24.1 Å². The van der Waals surface area contributed by atoms with Crippen molar-refractivity contribution in [3.8, 4) is 11.5 Å². The first-order chi connectivity index (χ1) is 5.70. The summed E-state index contributed by atoms with van der Waals surface area (Å²) in [6.07, 6.45) is 0.389. The van der Waals surface area contributed by atoms with Crippen molar-refractivity contribution in [1.82, 2.24) is 0 Å². The van der Waals surface area contributed by atoms with E-state index >= 15 is 0 Å². The molecule has 1 aromatic rings. The summed E-state index contributed by atoms with van der Waals surface area (Å²) < 4.78 is 0. The van der Waals surface area contributed by atoms with Gasteiger partial charge in [-0.15, -0.1) is 0 Å². The van der Waals surface area contributed by atoms with Crippen LogP contribution in [0.3, 0.4) is 0 Å². The molecule has 0 aliphatic heterocycles. The van der Waals surface area contributed by atoms with Crippen LogP contribution in [0.4, 0.5) is 0 Å². The summed E-state index contributed by atoms with van der Waals surface area (Å²) in [5.74, 6) is 0.339. The summed E-state index contributed by atoms with van der Waals surface area (Å²) in [5.41, 5.74) is 0. The molecule has 0 unspecified atom stereocenters. The number of aromatic hydroxyl groups is 2. The van der Waals surface area contributed by atoms with Crippen molar-refractivity contribution in [2.24, 2.45) is 0 Å². The fourth-order valence-electron chi connectivity index (χ4n) is 0.453. The largest absolute Gasteiger partial charge is 0.508 e. The molecule has 4 nitrogen and oxygen atoms in total. The number of hydrogen-bond acceptors (Lipinski definition) is 4. The first kappa shape index (κ1) is 10.2.